The number of pyridine rings is 1. The van der Waals surface area contributed by atoms with Crippen LogP contribution in [0.25, 0.3) is 10.8 Å². The number of aromatic nitrogens is 1. The van der Waals surface area contributed by atoms with Crippen molar-refractivity contribution in [2.75, 3.05) is 13.2 Å². The molecule has 1 heterocycles. The van der Waals surface area contributed by atoms with Gasteiger partial charge < -0.3 is 10.1 Å². The molecule has 1 aromatic heterocycles. The maximum Gasteiger partial charge on any atom is 0.0665 e. The van der Waals surface area contributed by atoms with Crippen LogP contribution in [0, 0.1) is 0 Å². The van der Waals surface area contributed by atoms with Crippen molar-refractivity contribution in [1.82, 2.24) is 10.3 Å². The van der Waals surface area contributed by atoms with E-state index in [0.29, 0.717) is 6.61 Å². The second kappa shape index (κ2) is 7.36. The van der Waals surface area contributed by atoms with Crippen molar-refractivity contribution >= 4 is 10.8 Å². The molecule has 0 fully saturated rings. The van der Waals surface area contributed by atoms with Crippen LogP contribution in [0.5, 0.6) is 0 Å². The Morgan fingerprint density at radius 3 is 2.85 bits per heavy atom. The molecule has 0 radical (unpaired) electrons. The van der Waals surface area contributed by atoms with Gasteiger partial charge in [0.2, 0.25) is 0 Å². The van der Waals surface area contributed by atoms with E-state index in [1.165, 1.54) is 16.3 Å². The molecule has 0 saturated carbocycles. The summed E-state index contributed by atoms with van der Waals surface area (Å²) < 4.78 is 5.82. The number of hydrogen-bond acceptors (Lipinski definition) is 3. The Hall–Kier alpha value is -1.45. The van der Waals surface area contributed by atoms with Crippen LogP contribution < -0.4 is 5.32 Å². The summed E-state index contributed by atoms with van der Waals surface area (Å²) in [5.74, 6) is 0. The molecular weight excluding hydrogens is 248 g/mol. The fourth-order valence-corrected chi connectivity index (χ4v) is 2.31. The molecule has 0 aliphatic rings. The van der Waals surface area contributed by atoms with Crippen LogP contribution in [0.15, 0.2) is 36.7 Å². The van der Waals surface area contributed by atoms with Gasteiger partial charge in [0.25, 0.3) is 0 Å². The Balaban J connectivity index is 2.29. The van der Waals surface area contributed by atoms with E-state index in [1.54, 1.807) is 0 Å². The van der Waals surface area contributed by atoms with E-state index in [0.717, 1.165) is 13.0 Å². The maximum absolute atomic E-state index is 5.82. The standard InChI is InChI=1S/C17H24N2O/c1-4-9-19-17(12-20-13(2)3)15-7-5-6-14-8-10-18-11-16(14)15/h5-8,10-11,13,17,19H,4,9,12H2,1-3H3. The topological polar surface area (TPSA) is 34.1 Å². The predicted molar refractivity (Wildman–Crippen MR) is 83.9 cm³/mol. The molecule has 0 aliphatic heterocycles. The van der Waals surface area contributed by atoms with E-state index in [2.05, 4.69) is 55.3 Å². The van der Waals surface area contributed by atoms with Crippen LogP contribution in [0.2, 0.25) is 0 Å². The third-order valence-electron chi connectivity index (χ3n) is 3.33. The van der Waals surface area contributed by atoms with Gasteiger partial charge in [-0.2, -0.15) is 0 Å². The highest BCUT2D eigenvalue weighted by atomic mass is 16.5. The lowest BCUT2D eigenvalue weighted by molar-refractivity contribution is 0.0614. The van der Waals surface area contributed by atoms with Gasteiger partial charge in [-0.15, -0.1) is 0 Å². The summed E-state index contributed by atoms with van der Waals surface area (Å²) in [6, 6.07) is 8.67. The summed E-state index contributed by atoms with van der Waals surface area (Å²) in [6.45, 7) is 8.00. The lowest BCUT2D eigenvalue weighted by Crippen LogP contribution is -2.27. The minimum Gasteiger partial charge on any atom is -0.377 e. The summed E-state index contributed by atoms with van der Waals surface area (Å²) >= 11 is 0. The van der Waals surface area contributed by atoms with Crippen molar-refractivity contribution in [3.05, 3.63) is 42.2 Å². The molecule has 0 spiro atoms. The monoisotopic (exact) mass is 272 g/mol. The number of rotatable bonds is 7. The fraction of sp³-hybridized carbons (Fsp3) is 0.471. The van der Waals surface area contributed by atoms with Gasteiger partial charge in [-0.3, -0.25) is 4.98 Å². The Kier molecular flexibility index (Phi) is 5.50. The normalized spacial score (nSPS) is 13.0. The van der Waals surface area contributed by atoms with E-state index in [9.17, 15) is 0 Å². The van der Waals surface area contributed by atoms with Crippen LogP contribution in [-0.4, -0.2) is 24.2 Å². The molecule has 3 heteroatoms. The van der Waals surface area contributed by atoms with Gasteiger partial charge in [-0.1, -0.05) is 25.1 Å². The molecule has 1 atom stereocenters. The summed E-state index contributed by atoms with van der Waals surface area (Å²) in [6.07, 6.45) is 5.14. The molecule has 2 aromatic rings. The molecule has 0 aliphatic carbocycles. The largest absolute Gasteiger partial charge is 0.377 e. The lowest BCUT2D eigenvalue weighted by Gasteiger charge is -2.22. The second-order valence-corrected chi connectivity index (χ2v) is 5.33. The van der Waals surface area contributed by atoms with Gasteiger partial charge in [0, 0.05) is 17.8 Å². The third kappa shape index (κ3) is 3.78. The first-order valence-corrected chi connectivity index (χ1v) is 7.40. The van der Waals surface area contributed by atoms with Crippen molar-refractivity contribution < 1.29 is 4.74 Å². The molecule has 1 unspecified atom stereocenters. The zero-order valence-electron chi connectivity index (χ0n) is 12.6. The first kappa shape index (κ1) is 14.9. The highest BCUT2D eigenvalue weighted by Crippen LogP contribution is 2.24. The van der Waals surface area contributed by atoms with E-state index in [-0.39, 0.29) is 12.1 Å². The van der Waals surface area contributed by atoms with Gasteiger partial charge in [-0.05, 0) is 43.8 Å². The van der Waals surface area contributed by atoms with Crippen molar-refractivity contribution in [1.29, 1.82) is 0 Å². The molecule has 0 saturated heterocycles. The quantitative estimate of drug-likeness (QED) is 0.834. The fourth-order valence-electron chi connectivity index (χ4n) is 2.31. The Bertz CT molecular complexity index is 534. The minimum atomic E-state index is 0.213. The predicted octanol–water partition coefficient (Wildman–Crippen LogP) is 3.70. The Morgan fingerprint density at radius 1 is 1.25 bits per heavy atom. The first-order valence-electron chi connectivity index (χ1n) is 7.40. The molecule has 108 valence electrons. The molecule has 20 heavy (non-hydrogen) atoms. The molecule has 0 bridgehead atoms. The number of nitrogens with zero attached hydrogens (tertiary/aromatic N) is 1. The molecular formula is C17H24N2O. The molecule has 3 nitrogen and oxygen atoms in total. The summed E-state index contributed by atoms with van der Waals surface area (Å²) in [7, 11) is 0. The lowest BCUT2D eigenvalue weighted by atomic mass is 10.0. The number of benzene rings is 1. The number of fused-ring (bicyclic) bond motifs is 1. The van der Waals surface area contributed by atoms with E-state index in [4.69, 9.17) is 4.74 Å². The zero-order chi connectivity index (χ0) is 14.4. The average Bonchev–Trinajstić information content (AvgIpc) is 2.47. The van der Waals surface area contributed by atoms with Crippen molar-refractivity contribution in [3.63, 3.8) is 0 Å². The summed E-state index contributed by atoms with van der Waals surface area (Å²) in [5.41, 5.74) is 1.27. The smallest absolute Gasteiger partial charge is 0.0665 e. The second-order valence-electron chi connectivity index (χ2n) is 5.33. The first-order chi connectivity index (χ1) is 9.72. The van der Waals surface area contributed by atoms with Crippen LogP contribution in [0.4, 0.5) is 0 Å². The van der Waals surface area contributed by atoms with Gasteiger partial charge >= 0.3 is 0 Å². The van der Waals surface area contributed by atoms with Gasteiger partial charge in [-0.25, -0.2) is 0 Å². The third-order valence-corrected chi connectivity index (χ3v) is 3.33. The van der Waals surface area contributed by atoms with E-state index in [1.807, 2.05) is 12.4 Å². The Labute approximate surface area is 121 Å². The highest BCUT2D eigenvalue weighted by Gasteiger charge is 2.14. The van der Waals surface area contributed by atoms with Crippen molar-refractivity contribution in [2.24, 2.45) is 0 Å². The van der Waals surface area contributed by atoms with Crippen LogP contribution in [-0.2, 0) is 4.74 Å². The maximum atomic E-state index is 5.82. The van der Waals surface area contributed by atoms with Gasteiger partial charge in [0.15, 0.2) is 0 Å². The summed E-state index contributed by atoms with van der Waals surface area (Å²) in [4.78, 5) is 4.26. The van der Waals surface area contributed by atoms with E-state index < -0.39 is 0 Å². The number of ether oxygens (including phenoxy) is 1. The summed E-state index contributed by atoms with van der Waals surface area (Å²) in [5, 5.41) is 6.01. The molecule has 0 amide bonds. The van der Waals surface area contributed by atoms with Crippen LogP contribution in [0.1, 0.15) is 38.8 Å². The zero-order valence-corrected chi connectivity index (χ0v) is 12.6. The van der Waals surface area contributed by atoms with Crippen LogP contribution in [0.3, 0.4) is 0 Å². The molecule has 1 N–H and O–H groups in total. The average molecular weight is 272 g/mol. The SMILES string of the molecule is CCCNC(COC(C)C)c1cccc2ccncc12. The van der Waals surface area contributed by atoms with Crippen molar-refractivity contribution in [3.8, 4) is 0 Å². The number of hydrogen-bond donors (Lipinski definition) is 1. The van der Waals surface area contributed by atoms with Gasteiger partial charge in [0.1, 0.15) is 0 Å². The Morgan fingerprint density at radius 2 is 2.10 bits per heavy atom. The van der Waals surface area contributed by atoms with Crippen molar-refractivity contribution in [2.45, 2.75) is 39.3 Å². The van der Waals surface area contributed by atoms with E-state index >= 15 is 0 Å². The van der Waals surface area contributed by atoms with Gasteiger partial charge in [0.05, 0.1) is 18.8 Å². The molecule has 1 aromatic carbocycles. The minimum absolute atomic E-state index is 0.213. The highest BCUT2D eigenvalue weighted by molar-refractivity contribution is 5.85. The number of nitrogens with one attached hydrogen (secondary N) is 1. The van der Waals surface area contributed by atoms with Crippen LogP contribution >= 0.6 is 0 Å². The molecule has 2 rings (SSSR count).